The Labute approximate surface area is 199 Å². The fourth-order valence-electron chi connectivity index (χ4n) is 2.48. The fraction of sp³-hybridized carbons (Fsp3) is 0.947. The number of phosphoric acid groups is 1. The van der Waals surface area contributed by atoms with Crippen LogP contribution in [0, 0.1) is 0 Å². The van der Waals surface area contributed by atoms with Crippen molar-refractivity contribution in [3.63, 3.8) is 0 Å². The van der Waals surface area contributed by atoms with Gasteiger partial charge in [-0.05, 0) is 12.8 Å². The number of phosphoric ester groups is 1. The molecule has 29 heavy (non-hydrogen) atoms. The molecule has 0 aromatic rings. The van der Waals surface area contributed by atoms with Crippen molar-refractivity contribution >= 4 is 13.8 Å². The topological polar surface area (TPSA) is 107 Å². The smallest absolute Gasteiger partial charge is 0.480 e. The van der Waals surface area contributed by atoms with E-state index in [1.807, 2.05) is 0 Å². The van der Waals surface area contributed by atoms with E-state index in [0.29, 0.717) is 6.42 Å². The standard InChI is InChI=1S/C14H29O7P.C5H13N.Na/c1-2-3-4-5-6-7-8-9-10-11-12-19-22(18,21-17)20-13-14(15)16;1-4-5-6(2)3;/h17H,2-13H2,1H3,(H,15,16);4-5H2,1-3H3;/q;;+1/p+1. The van der Waals surface area contributed by atoms with Gasteiger partial charge in [0.2, 0.25) is 0 Å². The molecule has 0 amide bonds. The van der Waals surface area contributed by atoms with E-state index in [0.717, 1.165) is 19.3 Å². The maximum Gasteiger partial charge on any atom is 1.00 e. The van der Waals surface area contributed by atoms with Gasteiger partial charge in [0.25, 0.3) is 0 Å². The Morgan fingerprint density at radius 1 is 0.862 bits per heavy atom. The first-order chi connectivity index (χ1) is 13.3. The fourth-order valence-corrected chi connectivity index (χ4v) is 3.27. The molecule has 0 aliphatic carbocycles. The van der Waals surface area contributed by atoms with Crippen molar-refractivity contribution in [2.75, 3.05) is 33.9 Å². The van der Waals surface area contributed by atoms with Crippen LogP contribution in [0.1, 0.15) is 84.5 Å². The molecule has 0 bridgehead atoms. The Bertz CT molecular complexity index is 401. The summed E-state index contributed by atoms with van der Waals surface area (Å²) in [4.78, 5) is 11.8. The van der Waals surface area contributed by atoms with Crippen LogP contribution in [0.2, 0.25) is 0 Å². The number of quaternary nitrogens is 1. The summed E-state index contributed by atoms with van der Waals surface area (Å²) in [5.41, 5.74) is 0. The molecule has 8 nitrogen and oxygen atoms in total. The number of carboxylic acid groups (broad SMARTS) is 1. The summed E-state index contributed by atoms with van der Waals surface area (Å²) in [6, 6.07) is 0. The summed E-state index contributed by atoms with van der Waals surface area (Å²) in [6.07, 6.45) is 12.8. The van der Waals surface area contributed by atoms with E-state index < -0.39 is 20.4 Å². The van der Waals surface area contributed by atoms with Gasteiger partial charge >= 0.3 is 43.3 Å². The van der Waals surface area contributed by atoms with E-state index in [1.165, 1.54) is 56.4 Å². The van der Waals surface area contributed by atoms with Gasteiger partial charge in [-0.15, -0.1) is 4.67 Å². The van der Waals surface area contributed by atoms with E-state index >= 15 is 0 Å². The van der Waals surface area contributed by atoms with E-state index in [4.69, 9.17) is 14.9 Å². The molecule has 3 N–H and O–H groups in total. The first kappa shape index (κ1) is 34.1. The molecular weight excluding hydrogens is 408 g/mol. The molecule has 10 heteroatoms. The molecule has 0 aliphatic heterocycles. The zero-order valence-corrected chi connectivity index (χ0v) is 22.2. The molecule has 0 saturated carbocycles. The summed E-state index contributed by atoms with van der Waals surface area (Å²) >= 11 is 0. The maximum absolute atomic E-state index is 11.6. The number of carboxylic acids is 1. The Kier molecular flexibility index (Phi) is 29.1. The average Bonchev–Trinajstić information content (AvgIpc) is 2.65. The van der Waals surface area contributed by atoms with Gasteiger partial charge in [0.1, 0.15) is 0 Å². The monoisotopic (exact) mass is 451 g/mol. The van der Waals surface area contributed by atoms with Crippen molar-refractivity contribution < 1.29 is 67.9 Å². The molecule has 0 spiro atoms. The third-order valence-corrected chi connectivity index (χ3v) is 5.09. The molecule has 0 rings (SSSR count). The molecule has 1 atom stereocenters. The summed E-state index contributed by atoms with van der Waals surface area (Å²) in [5, 5.41) is 16.8. The minimum absolute atomic E-state index is 0. The van der Waals surface area contributed by atoms with Gasteiger partial charge in [-0.2, -0.15) is 0 Å². The number of nitrogens with one attached hydrogen (secondary N) is 1. The largest absolute Gasteiger partial charge is 1.00 e. The Hall–Kier alpha value is 0.500. The van der Waals surface area contributed by atoms with Crippen LogP contribution in [-0.2, 0) is 23.1 Å². The summed E-state index contributed by atoms with van der Waals surface area (Å²) in [7, 11) is 0.184. The molecular formula is C19H43NNaO7P+2. The zero-order chi connectivity index (χ0) is 21.7. The molecule has 170 valence electrons. The Morgan fingerprint density at radius 2 is 1.34 bits per heavy atom. The van der Waals surface area contributed by atoms with Gasteiger partial charge in [-0.3, -0.25) is 9.05 Å². The van der Waals surface area contributed by atoms with Gasteiger partial charge in [-0.1, -0.05) is 71.6 Å². The van der Waals surface area contributed by atoms with Crippen LogP contribution < -0.4 is 34.5 Å². The first-order valence-corrected chi connectivity index (χ1v) is 12.0. The van der Waals surface area contributed by atoms with Crippen LogP contribution in [0.4, 0.5) is 0 Å². The van der Waals surface area contributed by atoms with E-state index in [1.54, 1.807) is 0 Å². The van der Waals surface area contributed by atoms with Gasteiger partial charge in [-0.25, -0.2) is 14.6 Å². The molecule has 1 unspecified atom stereocenters. The second-order valence-electron chi connectivity index (χ2n) is 7.17. The average molecular weight is 452 g/mol. The minimum atomic E-state index is -4.16. The molecule has 0 aromatic heterocycles. The van der Waals surface area contributed by atoms with Crippen LogP contribution in [0.25, 0.3) is 0 Å². The van der Waals surface area contributed by atoms with Crippen LogP contribution in [0.3, 0.4) is 0 Å². The number of aliphatic carboxylic acids is 1. The van der Waals surface area contributed by atoms with Gasteiger partial charge in [0, 0.05) is 0 Å². The second kappa shape index (κ2) is 24.8. The van der Waals surface area contributed by atoms with Crippen LogP contribution >= 0.6 is 7.82 Å². The van der Waals surface area contributed by atoms with Crippen LogP contribution in [-0.4, -0.2) is 50.2 Å². The van der Waals surface area contributed by atoms with Gasteiger partial charge < -0.3 is 10.0 Å². The van der Waals surface area contributed by atoms with Crippen molar-refractivity contribution in [2.45, 2.75) is 84.5 Å². The molecule has 0 aromatic carbocycles. The second-order valence-corrected chi connectivity index (χ2v) is 8.74. The van der Waals surface area contributed by atoms with Crippen LogP contribution in [0.5, 0.6) is 0 Å². The molecule has 0 saturated heterocycles. The quantitative estimate of drug-likeness (QED) is 0.0944. The van der Waals surface area contributed by atoms with Gasteiger partial charge in [0.15, 0.2) is 6.61 Å². The number of rotatable bonds is 18. The number of hydrogen-bond acceptors (Lipinski definition) is 6. The number of hydrogen-bond donors (Lipinski definition) is 3. The SMILES string of the molecule is CCCCCCCCCCCCOP(=O)(OO)OCC(=O)O.CCC[NH+](C)C.[Na+]. The third-order valence-electron chi connectivity index (χ3n) is 3.94. The first-order valence-electron chi connectivity index (χ1n) is 10.5. The van der Waals surface area contributed by atoms with E-state index in [9.17, 15) is 9.36 Å². The van der Waals surface area contributed by atoms with Crippen molar-refractivity contribution in [2.24, 2.45) is 0 Å². The van der Waals surface area contributed by atoms with Crippen molar-refractivity contribution in [1.29, 1.82) is 0 Å². The van der Waals surface area contributed by atoms with Crippen molar-refractivity contribution in [3.8, 4) is 0 Å². The minimum Gasteiger partial charge on any atom is -0.480 e. The van der Waals surface area contributed by atoms with Gasteiger partial charge in [0.05, 0.1) is 27.2 Å². The predicted octanol–water partition coefficient (Wildman–Crippen LogP) is 1.17. The Morgan fingerprint density at radius 3 is 1.69 bits per heavy atom. The van der Waals surface area contributed by atoms with Crippen molar-refractivity contribution in [3.05, 3.63) is 0 Å². The number of carbonyl (C=O) groups is 1. The molecule has 0 radical (unpaired) electrons. The number of unbranched alkanes of at least 4 members (excludes halogenated alkanes) is 9. The van der Waals surface area contributed by atoms with E-state index in [-0.39, 0.29) is 36.2 Å². The predicted molar refractivity (Wildman–Crippen MR) is 111 cm³/mol. The van der Waals surface area contributed by atoms with E-state index in [2.05, 4.69) is 37.1 Å². The Balaban J connectivity index is -0.000000837. The summed E-state index contributed by atoms with van der Waals surface area (Å²) in [6.45, 7) is 4.94. The molecule has 0 heterocycles. The molecule has 0 aliphatic rings. The molecule has 0 fully saturated rings. The zero-order valence-electron chi connectivity index (χ0n) is 19.3. The third kappa shape index (κ3) is 28.5. The summed E-state index contributed by atoms with van der Waals surface area (Å²) < 4.78 is 24.4. The maximum atomic E-state index is 11.6. The summed E-state index contributed by atoms with van der Waals surface area (Å²) in [5.74, 6) is -1.32. The normalized spacial score (nSPS) is 12.6. The van der Waals surface area contributed by atoms with Crippen LogP contribution in [0.15, 0.2) is 0 Å². The van der Waals surface area contributed by atoms with Crippen molar-refractivity contribution in [1.82, 2.24) is 0 Å².